The van der Waals surface area contributed by atoms with E-state index in [0.717, 1.165) is 9.48 Å². The summed E-state index contributed by atoms with van der Waals surface area (Å²) in [6.07, 6.45) is -4.79. The first-order chi connectivity index (χ1) is 12.7. The van der Waals surface area contributed by atoms with Gasteiger partial charge >= 0.3 is 12.3 Å². The molecule has 0 aliphatic rings. The van der Waals surface area contributed by atoms with E-state index >= 15 is 0 Å². The topological polar surface area (TPSA) is 121 Å². The van der Waals surface area contributed by atoms with E-state index < -0.39 is 18.2 Å². The third kappa shape index (κ3) is 4.31. The summed E-state index contributed by atoms with van der Waals surface area (Å²) in [5.74, 6) is -1.41. The van der Waals surface area contributed by atoms with Crippen LogP contribution < -0.4 is 4.74 Å². The molecule has 142 valence electrons. The Morgan fingerprint density at radius 2 is 2.11 bits per heavy atom. The van der Waals surface area contributed by atoms with Gasteiger partial charge < -0.3 is 9.84 Å². The number of tetrazole rings is 1. The average Bonchev–Trinajstić information content (AvgIpc) is 3.20. The Hall–Kier alpha value is -3.22. The molecule has 0 aliphatic heterocycles. The van der Waals surface area contributed by atoms with Crippen molar-refractivity contribution in [2.24, 2.45) is 0 Å². The molecule has 0 aromatic carbocycles. The molecule has 10 nitrogen and oxygen atoms in total. The summed E-state index contributed by atoms with van der Waals surface area (Å²) in [5.41, 5.74) is 0.291. The zero-order valence-electron chi connectivity index (χ0n) is 13.1. The molecule has 0 saturated heterocycles. The molecule has 0 unspecified atom stereocenters. The molecule has 0 radical (unpaired) electrons. The number of halogens is 4. The van der Waals surface area contributed by atoms with Gasteiger partial charge in [-0.1, -0.05) is 11.6 Å². The quantitative estimate of drug-likeness (QED) is 0.644. The molecule has 27 heavy (non-hydrogen) atoms. The van der Waals surface area contributed by atoms with Crippen molar-refractivity contribution in [3.8, 4) is 11.7 Å². The number of alkyl halides is 3. The minimum Gasteiger partial charge on any atom is -0.449 e. The van der Waals surface area contributed by atoms with Crippen molar-refractivity contribution in [1.82, 2.24) is 35.0 Å². The fourth-order valence-corrected chi connectivity index (χ4v) is 2.25. The van der Waals surface area contributed by atoms with Crippen molar-refractivity contribution in [3.63, 3.8) is 0 Å². The Kier molecular flexibility index (Phi) is 4.94. The highest BCUT2D eigenvalue weighted by atomic mass is 35.5. The van der Waals surface area contributed by atoms with Gasteiger partial charge in [-0.05, 0) is 17.3 Å². The number of ether oxygens (including phenoxy) is 1. The highest BCUT2D eigenvalue weighted by Gasteiger charge is 2.36. The Morgan fingerprint density at radius 1 is 1.33 bits per heavy atom. The lowest BCUT2D eigenvalue weighted by molar-refractivity contribution is -0.145. The Labute approximate surface area is 153 Å². The molecule has 0 spiro atoms. The van der Waals surface area contributed by atoms with Crippen LogP contribution in [0.1, 0.15) is 11.5 Å². The van der Waals surface area contributed by atoms with Crippen LogP contribution in [0, 0.1) is 0 Å². The van der Waals surface area contributed by atoms with Gasteiger partial charge in [0.1, 0.15) is 0 Å². The molecule has 0 saturated carbocycles. The maximum Gasteiger partial charge on any atom is 0.512 e. The second-order valence-corrected chi connectivity index (χ2v) is 5.43. The third-order valence-corrected chi connectivity index (χ3v) is 3.43. The highest BCUT2D eigenvalue weighted by molar-refractivity contribution is 6.32. The van der Waals surface area contributed by atoms with Gasteiger partial charge in [-0.15, -0.1) is 10.2 Å². The maximum atomic E-state index is 12.5. The minimum absolute atomic E-state index is 0.0705. The predicted molar refractivity (Wildman–Crippen MR) is 81.5 cm³/mol. The number of aryl methyl sites for hydroxylation is 2. The maximum absolute atomic E-state index is 12.5. The van der Waals surface area contributed by atoms with Gasteiger partial charge in [0.25, 0.3) is 5.82 Å². The summed E-state index contributed by atoms with van der Waals surface area (Å²) in [7, 11) is 0. The minimum atomic E-state index is -4.70. The smallest absolute Gasteiger partial charge is 0.449 e. The summed E-state index contributed by atoms with van der Waals surface area (Å²) in [4.78, 5) is 15.6. The molecule has 3 rings (SSSR count). The van der Waals surface area contributed by atoms with Crippen molar-refractivity contribution in [2.75, 3.05) is 0 Å². The van der Waals surface area contributed by atoms with Crippen LogP contribution in [-0.4, -0.2) is 46.2 Å². The molecule has 0 bridgehead atoms. The number of hydrogen-bond acceptors (Lipinski definition) is 7. The molecule has 1 N–H and O–H groups in total. The SMILES string of the molecule is O=C(O)Oc1cc(CCn2nnc(C(F)(F)F)n2)nn1-c1ncccc1Cl. The monoisotopic (exact) mass is 403 g/mol. The first-order valence-electron chi connectivity index (χ1n) is 7.19. The molecule has 3 heterocycles. The molecule has 0 fully saturated rings. The van der Waals surface area contributed by atoms with Crippen molar-refractivity contribution in [2.45, 2.75) is 19.1 Å². The van der Waals surface area contributed by atoms with Crippen LogP contribution in [-0.2, 0) is 19.1 Å². The number of hydrogen-bond donors (Lipinski definition) is 1. The summed E-state index contributed by atoms with van der Waals surface area (Å²) in [5, 5.41) is 22.6. The van der Waals surface area contributed by atoms with Gasteiger partial charge in [0.05, 0.1) is 17.3 Å². The number of carbonyl (C=O) groups is 1. The molecule has 0 aliphatic carbocycles. The van der Waals surface area contributed by atoms with Gasteiger partial charge in [0.15, 0.2) is 5.82 Å². The second kappa shape index (κ2) is 7.19. The van der Waals surface area contributed by atoms with Gasteiger partial charge in [-0.2, -0.15) is 27.7 Å². The summed E-state index contributed by atoms with van der Waals surface area (Å²) in [6, 6.07) is 4.39. The van der Waals surface area contributed by atoms with Crippen LogP contribution in [0.25, 0.3) is 5.82 Å². The van der Waals surface area contributed by atoms with E-state index in [4.69, 9.17) is 16.7 Å². The van der Waals surface area contributed by atoms with Crippen LogP contribution in [0.3, 0.4) is 0 Å². The lowest BCUT2D eigenvalue weighted by Gasteiger charge is -2.05. The molecule has 3 aromatic rings. The molecule has 3 aromatic heterocycles. The normalized spacial score (nSPS) is 11.6. The van der Waals surface area contributed by atoms with Crippen LogP contribution in [0.4, 0.5) is 18.0 Å². The Balaban J connectivity index is 1.83. The van der Waals surface area contributed by atoms with Crippen molar-refractivity contribution < 1.29 is 27.8 Å². The predicted octanol–water partition coefficient (Wildman–Crippen LogP) is 2.23. The summed E-state index contributed by atoms with van der Waals surface area (Å²) < 4.78 is 43.2. The largest absolute Gasteiger partial charge is 0.512 e. The van der Waals surface area contributed by atoms with Gasteiger partial charge in [0.2, 0.25) is 5.88 Å². The average molecular weight is 404 g/mol. The standard InChI is InChI=1S/C13H9ClF3N7O3/c14-8-2-1-4-18-10(8)24-9(27-12(25)26)6-7(20-24)3-5-23-21-11(19-22-23)13(15,16)17/h1-2,4,6H,3,5H2,(H,25,26). The van der Waals surface area contributed by atoms with Gasteiger partial charge in [-0.25, -0.2) is 9.78 Å². The number of rotatable bonds is 5. The van der Waals surface area contributed by atoms with Crippen LogP contribution >= 0.6 is 11.6 Å². The van der Waals surface area contributed by atoms with Gasteiger partial charge in [0, 0.05) is 18.7 Å². The van der Waals surface area contributed by atoms with Crippen LogP contribution in [0.5, 0.6) is 5.88 Å². The third-order valence-electron chi connectivity index (χ3n) is 3.13. The second-order valence-electron chi connectivity index (χ2n) is 5.02. The first-order valence-corrected chi connectivity index (χ1v) is 7.57. The fourth-order valence-electron chi connectivity index (χ4n) is 2.05. The van der Waals surface area contributed by atoms with E-state index in [0.29, 0.717) is 5.69 Å². The van der Waals surface area contributed by atoms with E-state index in [1.165, 1.54) is 18.3 Å². The number of aromatic nitrogens is 7. The fraction of sp³-hybridized carbons (Fsp3) is 0.231. The van der Waals surface area contributed by atoms with Crippen molar-refractivity contribution in [1.29, 1.82) is 0 Å². The molecule has 0 atom stereocenters. The van der Waals surface area contributed by atoms with E-state index in [1.54, 1.807) is 6.07 Å². The Morgan fingerprint density at radius 3 is 2.74 bits per heavy atom. The molecular formula is C13H9ClF3N7O3. The van der Waals surface area contributed by atoms with E-state index in [1.807, 2.05) is 0 Å². The lowest BCUT2D eigenvalue weighted by Crippen LogP contribution is -2.10. The van der Waals surface area contributed by atoms with Crippen LogP contribution in [0.2, 0.25) is 5.02 Å². The zero-order chi connectivity index (χ0) is 19.6. The summed E-state index contributed by atoms with van der Waals surface area (Å²) in [6.45, 7) is -0.0808. The Bertz CT molecular complexity index is 972. The highest BCUT2D eigenvalue weighted by Crippen LogP contribution is 2.25. The molecular weight excluding hydrogens is 395 g/mol. The van der Waals surface area contributed by atoms with E-state index in [9.17, 15) is 18.0 Å². The summed E-state index contributed by atoms with van der Waals surface area (Å²) >= 11 is 6.03. The molecule has 0 amide bonds. The van der Waals surface area contributed by atoms with Gasteiger partial charge in [-0.3, -0.25) is 0 Å². The number of pyridine rings is 1. The lowest BCUT2D eigenvalue weighted by atomic mass is 10.3. The first kappa shape index (κ1) is 18.6. The number of carboxylic acid groups (broad SMARTS) is 1. The number of nitrogens with zero attached hydrogens (tertiary/aromatic N) is 7. The zero-order valence-corrected chi connectivity index (χ0v) is 13.9. The van der Waals surface area contributed by atoms with E-state index in [-0.39, 0.29) is 29.7 Å². The molecule has 14 heteroatoms. The van der Waals surface area contributed by atoms with E-state index in [2.05, 4.69) is 30.2 Å². The van der Waals surface area contributed by atoms with Crippen molar-refractivity contribution in [3.05, 3.63) is 40.9 Å². The van der Waals surface area contributed by atoms with Crippen molar-refractivity contribution >= 4 is 17.8 Å². The van der Waals surface area contributed by atoms with Crippen LogP contribution in [0.15, 0.2) is 24.4 Å².